The van der Waals surface area contributed by atoms with E-state index in [0.29, 0.717) is 45.0 Å². The number of hydrogen-bond acceptors (Lipinski definition) is 4. The van der Waals surface area contributed by atoms with E-state index in [4.69, 9.17) is 8.83 Å². The van der Waals surface area contributed by atoms with Crippen LogP contribution in [-0.4, -0.2) is 0 Å². The van der Waals surface area contributed by atoms with Crippen LogP contribution in [0.5, 0.6) is 0 Å². The van der Waals surface area contributed by atoms with Crippen LogP contribution in [0.3, 0.4) is 0 Å². The molecular formula is C90H62F2N2O2. The molecule has 2 aliphatic carbocycles. The molecule has 0 amide bonds. The number of fused-ring (bicyclic) bond motifs is 6. The molecule has 18 rings (SSSR count). The average molecular weight is 1240 g/mol. The third kappa shape index (κ3) is 9.22. The minimum atomic E-state index is -0.379. The lowest BCUT2D eigenvalue weighted by atomic mass is 9.83. The number of allylic oxidation sites excluding steroid dienone is 5. The number of benzene rings is 14. The fraction of sp³-hybridized carbons (Fsp3) is 0.0667. The van der Waals surface area contributed by atoms with Gasteiger partial charge in [0.15, 0.2) is 22.8 Å². The van der Waals surface area contributed by atoms with Crippen LogP contribution in [0.1, 0.15) is 53.2 Å². The van der Waals surface area contributed by atoms with Crippen molar-refractivity contribution in [3.8, 4) is 44.5 Å². The Morgan fingerprint density at radius 1 is 0.375 bits per heavy atom. The molecule has 4 nitrogen and oxygen atoms in total. The van der Waals surface area contributed by atoms with Gasteiger partial charge in [0.2, 0.25) is 0 Å². The molecule has 2 heterocycles. The van der Waals surface area contributed by atoms with Crippen LogP contribution in [0, 0.1) is 24.5 Å². The van der Waals surface area contributed by atoms with E-state index < -0.39 is 0 Å². The van der Waals surface area contributed by atoms with Gasteiger partial charge in [0.05, 0.1) is 34.1 Å². The zero-order chi connectivity index (χ0) is 64.1. The highest BCUT2D eigenvalue weighted by molar-refractivity contribution is 6.29. The Morgan fingerprint density at radius 3 is 1.40 bits per heavy atom. The molecule has 3 atom stereocenters. The number of halogens is 2. The normalized spacial score (nSPS) is 15.2. The monoisotopic (exact) mass is 1240 g/mol. The molecule has 2 aliphatic rings. The van der Waals surface area contributed by atoms with Gasteiger partial charge in [0.25, 0.3) is 0 Å². The van der Waals surface area contributed by atoms with E-state index in [9.17, 15) is 0 Å². The van der Waals surface area contributed by atoms with Crippen molar-refractivity contribution < 1.29 is 17.6 Å². The number of para-hydroxylation sites is 3. The summed E-state index contributed by atoms with van der Waals surface area (Å²) in [6.45, 7) is 4.41. The maximum Gasteiger partial charge on any atom is 0.159 e. The summed E-state index contributed by atoms with van der Waals surface area (Å²) in [7, 11) is 0. The summed E-state index contributed by atoms with van der Waals surface area (Å²) in [6, 6.07) is 92.9. The van der Waals surface area contributed by atoms with Gasteiger partial charge in [-0.2, -0.15) is 0 Å². The first-order valence-electron chi connectivity index (χ1n) is 33.1. The maximum absolute atomic E-state index is 19.0. The second-order valence-electron chi connectivity index (χ2n) is 25.7. The molecule has 3 unspecified atom stereocenters. The first-order valence-corrected chi connectivity index (χ1v) is 33.1. The molecule has 2 aromatic heterocycles. The van der Waals surface area contributed by atoms with Crippen LogP contribution in [0.2, 0.25) is 0 Å². The fourth-order valence-corrected chi connectivity index (χ4v) is 15.5. The van der Waals surface area contributed by atoms with Crippen molar-refractivity contribution in [3.05, 3.63) is 343 Å². The molecule has 0 bridgehead atoms. The van der Waals surface area contributed by atoms with E-state index in [1.54, 1.807) is 0 Å². The Morgan fingerprint density at radius 2 is 0.844 bits per heavy atom. The van der Waals surface area contributed by atoms with Crippen molar-refractivity contribution >= 4 is 105 Å². The number of hydrogen-bond donors (Lipinski definition) is 0. The SMILES string of the molecule is Cc1ccccc1C1CC=Cc2c1oc1c(N(c3cc(-c4ccccc4)cc(-c4ccccc4)c3F)c3ccc4ccc5c(N(c6cc(-c7ccccc7)cc(-c7ccccc7)c6F)c6cccc7c6oc6c(C8C=CC=CC8C)cccc67)ccc6ccc3c4c65)cccc21. The summed E-state index contributed by atoms with van der Waals surface area (Å²) in [5.41, 5.74) is 16.3. The lowest BCUT2D eigenvalue weighted by Crippen LogP contribution is -2.14. The molecule has 16 aromatic rings. The Labute approximate surface area is 555 Å². The molecule has 0 saturated heterocycles. The van der Waals surface area contributed by atoms with E-state index in [1.165, 1.54) is 11.1 Å². The quantitative estimate of drug-likeness (QED) is 0.114. The predicted octanol–water partition coefficient (Wildman–Crippen LogP) is 25.8. The summed E-state index contributed by atoms with van der Waals surface area (Å²) in [6.07, 6.45) is 14.0. The minimum absolute atomic E-state index is 0.0259. The molecule has 0 radical (unpaired) electrons. The minimum Gasteiger partial charge on any atom is -0.458 e. The van der Waals surface area contributed by atoms with E-state index in [-0.39, 0.29) is 29.4 Å². The number of aryl methyl sites for hydroxylation is 1. The summed E-state index contributed by atoms with van der Waals surface area (Å²) in [5, 5.41) is 8.58. The molecule has 96 heavy (non-hydrogen) atoms. The van der Waals surface area contributed by atoms with E-state index in [1.807, 2.05) is 121 Å². The molecular weight excluding hydrogens is 1180 g/mol. The first kappa shape index (κ1) is 56.9. The second kappa shape index (κ2) is 23.0. The first-order chi connectivity index (χ1) is 47.3. The van der Waals surface area contributed by atoms with Gasteiger partial charge in [0.1, 0.15) is 11.3 Å². The van der Waals surface area contributed by atoms with Gasteiger partial charge in [-0.25, -0.2) is 8.78 Å². The molecule has 458 valence electrons. The highest BCUT2D eigenvalue weighted by Crippen LogP contribution is 2.54. The third-order valence-electron chi connectivity index (χ3n) is 20.2. The molecule has 6 heteroatoms. The van der Waals surface area contributed by atoms with Gasteiger partial charge in [-0.15, -0.1) is 0 Å². The summed E-state index contributed by atoms with van der Waals surface area (Å²) < 4.78 is 52.7. The van der Waals surface area contributed by atoms with Crippen molar-refractivity contribution in [2.75, 3.05) is 9.80 Å². The zero-order valence-corrected chi connectivity index (χ0v) is 52.9. The number of rotatable bonds is 12. The van der Waals surface area contributed by atoms with Crippen LogP contribution in [0.25, 0.3) is 116 Å². The molecule has 0 fully saturated rings. The number of nitrogens with zero attached hydrogens (tertiary/aromatic N) is 2. The maximum atomic E-state index is 19.0. The van der Waals surface area contributed by atoms with Crippen molar-refractivity contribution in [2.45, 2.75) is 32.1 Å². The average Bonchev–Trinajstić information content (AvgIpc) is 0.971. The van der Waals surface area contributed by atoms with Crippen LogP contribution >= 0.6 is 0 Å². The van der Waals surface area contributed by atoms with E-state index >= 15 is 8.78 Å². The van der Waals surface area contributed by atoms with Crippen LogP contribution < -0.4 is 9.80 Å². The highest BCUT2D eigenvalue weighted by atomic mass is 19.1. The topological polar surface area (TPSA) is 32.8 Å². The van der Waals surface area contributed by atoms with Gasteiger partial charge in [-0.1, -0.05) is 268 Å². The Hall–Kier alpha value is -11.9. The summed E-state index contributed by atoms with van der Waals surface area (Å²) in [5.74, 6) is 0.436. The van der Waals surface area contributed by atoms with Gasteiger partial charge >= 0.3 is 0 Å². The molecule has 0 N–H and O–H groups in total. The Balaban J connectivity index is 0.918. The lowest BCUT2D eigenvalue weighted by Gasteiger charge is -2.30. The zero-order valence-electron chi connectivity index (χ0n) is 52.9. The van der Waals surface area contributed by atoms with Crippen molar-refractivity contribution in [1.29, 1.82) is 0 Å². The fourth-order valence-electron chi connectivity index (χ4n) is 15.5. The van der Waals surface area contributed by atoms with Crippen molar-refractivity contribution in [1.82, 2.24) is 0 Å². The second-order valence-corrected chi connectivity index (χ2v) is 25.7. The van der Waals surface area contributed by atoms with Crippen LogP contribution in [0.4, 0.5) is 42.9 Å². The summed E-state index contributed by atoms with van der Waals surface area (Å²) in [4.78, 5) is 4.19. The van der Waals surface area contributed by atoms with Crippen LogP contribution in [0.15, 0.2) is 312 Å². The largest absolute Gasteiger partial charge is 0.458 e. The van der Waals surface area contributed by atoms with Gasteiger partial charge < -0.3 is 18.6 Å². The standard InChI is InChI=1S/C90H62F2N2O2/c1-55-23-15-17-33-65(55)67-35-19-37-69-71-39-21-41-79(89(71)95-87(67)69)93(81-53-63(57-25-7-3-8-26-57)51-75(85(81)91)59-29-11-5-12-30-59)77-49-45-61-44-48-74-78(50-46-62-43-47-73(77)83(61)84(62)74)94(82-54-64(58-27-9-4-10-28-58)52-76(86(82)92)60-31-13-6-14-32-60)80-42-22-40-72-70-38-20-36-68(88(70)96-90(72)80)66-34-18-16-24-56(66)2/h3-35,37-55,65,68H,36H2,1-2H3. The van der Waals surface area contributed by atoms with Gasteiger partial charge in [-0.05, 0) is 134 Å². The van der Waals surface area contributed by atoms with Crippen LogP contribution in [-0.2, 0) is 0 Å². The molecule has 14 aromatic carbocycles. The summed E-state index contributed by atoms with van der Waals surface area (Å²) >= 11 is 0. The third-order valence-corrected chi connectivity index (χ3v) is 20.2. The number of anilines is 6. The lowest BCUT2D eigenvalue weighted by molar-refractivity contribution is 0.516. The van der Waals surface area contributed by atoms with E-state index in [0.717, 1.165) is 122 Å². The van der Waals surface area contributed by atoms with E-state index in [2.05, 4.69) is 212 Å². The van der Waals surface area contributed by atoms with Crippen molar-refractivity contribution in [3.63, 3.8) is 0 Å². The Kier molecular flexibility index (Phi) is 13.6. The predicted molar refractivity (Wildman–Crippen MR) is 395 cm³/mol. The van der Waals surface area contributed by atoms with Gasteiger partial charge in [0, 0.05) is 61.0 Å². The number of furan rings is 2. The van der Waals surface area contributed by atoms with Gasteiger partial charge in [-0.3, -0.25) is 0 Å². The molecule has 0 aliphatic heterocycles. The molecule has 0 spiro atoms. The highest BCUT2D eigenvalue weighted by Gasteiger charge is 2.33. The molecule has 0 saturated carbocycles. The van der Waals surface area contributed by atoms with Crippen molar-refractivity contribution in [2.24, 2.45) is 5.92 Å². The smallest absolute Gasteiger partial charge is 0.159 e. The Bertz CT molecular complexity index is 5830.